The van der Waals surface area contributed by atoms with Crippen LogP contribution in [-0.2, 0) is 9.47 Å². The lowest BCUT2D eigenvalue weighted by atomic mass is 9.90. The average molecular weight is 466 g/mol. The summed E-state index contributed by atoms with van der Waals surface area (Å²) in [5.74, 6) is 0.142. The SMILES string of the molecule is CC(C)OC(=O)Nc1ccc(-c2cnc(C3CCCCC3)s2)c(F)c1.CC(C)OC(N)=O. The number of carbonyl (C=O) groups is 2. The number of hydrogen-bond donors (Lipinski definition) is 2. The van der Waals surface area contributed by atoms with Gasteiger partial charge in [-0.1, -0.05) is 19.3 Å². The van der Waals surface area contributed by atoms with Gasteiger partial charge in [0.05, 0.1) is 22.1 Å². The van der Waals surface area contributed by atoms with Crippen LogP contribution in [-0.4, -0.2) is 29.4 Å². The summed E-state index contributed by atoms with van der Waals surface area (Å²) in [6.07, 6.45) is 6.30. The van der Waals surface area contributed by atoms with E-state index in [0.29, 0.717) is 17.2 Å². The highest BCUT2D eigenvalue weighted by molar-refractivity contribution is 7.15. The Balaban J connectivity index is 0.000000451. The molecule has 3 N–H and O–H groups in total. The number of nitrogens with two attached hydrogens (primary N) is 1. The number of hydrogen-bond acceptors (Lipinski definition) is 6. The van der Waals surface area contributed by atoms with Crippen molar-refractivity contribution in [2.45, 2.75) is 77.9 Å². The Kier molecular flexibility index (Phi) is 9.90. The van der Waals surface area contributed by atoms with Gasteiger partial charge in [-0.2, -0.15) is 0 Å². The number of nitrogens with one attached hydrogen (secondary N) is 1. The molecule has 1 heterocycles. The van der Waals surface area contributed by atoms with Crippen LogP contribution in [0.2, 0.25) is 0 Å². The molecule has 1 aromatic carbocycles. The zero-order valence-electron chi connectivity index (χ0n) is 19.0. The number of nitrogens with zero attached hydrogens (tertiary/aromatic N) is 1. The van der Waals surface area contributed by atoms with Crippen LogP contribution in [0.3, 0.4) is 0 Å². The summed E-state index contributed by atoms with van der Waals surface area (Å²) in [6, 6.07) is 4.68. The third kappa shape index (κ3) is 8.45. The van der Waals surface area contributed by atoms with E-state index in [9.17, 15) is 14.0 Å². The Morgan fingerprint density at radius 2 is 1.78 bits per heavy atom. The van der Waals surface area contributed by atoms with E-state index >= 15 is 0 Å². The largest absolute Gasteiger partial charge is 0.447 e. The molecule has 0 unspecified atom stereocenters. The molecule has 1 aliphatic rings. The van der Waals surface area contributed by atoms with Crippen LogP contribution in [0, 0.1) is 5.82 Å². The minimum Gasteiger partial charge on any atom is -0.447 e. The molecule has 0 radical (unpaired) electrons. The third-order valence-corrected chi connectivity index (χ3v) is 5.85. The smallest absolute Gasteiger partial charge is 0.411 e. The molecule has 1 saturated carbocycles. The predicted octanol–water partition coefficient (Wildman–Crippen LogP) is 6.44. The Bertz CT molecular complexity index is 895. The van der Waals surface area contributed by atoms with Gasteiger partial charge in [-0.3, -0.25) is 5.32 Å². The van der Waals surface area contributed by atoms with Gasteiger partial charge in [0, 0.05) is 23.4 Å². The van der Waals surface area contributed by atoms with Crippen LogP contribution in [0.25, 0.3) is 10.4 Å². The van der Waals surface area contributed by atoms with E-state index in [4.69, 9.17) is 4.74 Å². The molecule has 1 aromatic heterocycles. The van der Waals surface area contributed by atoms with Gasteiger partial charge in [0.25, 0.3) is 0 Å². The molecule has 0 bridgehead atoms. The highest BCUT2D eigenvalue weighted by atomic mass is 32.1. The molecule has 32 heavy (non-hydrogen) atoms. The van der Waals surface area contributed by atoms with Crippen LogP contribution >= 0.6 is 11.3 Å². The summed E-state index contributed by atoms with van der Waals surface area (Å²) in [5, 5.41) is 3.64. The molecule has 0 atom stereocenters. The molecule has 0 saturated heterocycles. The van der Waals surface area contributed by atoms with Crippen LogP contribution in [0.4, 0.5) is 19.7 Å². The number of aromatic nitrogens is 1. The molecule has 0 aliphatic heterocycles. The fraction of sp³-hybridized carbons (Fsp3) is 0.522. The van der Waals surface area contributed by atoms with Gasteiger partial charge in [-0.15, -0.1) is 11.3 Å². The third-order valence-electron chi connectivity index (χ3n) is 4.65. The van der Waals surface area contributed by atoms with Crippen molar-refractivity contribution in [1.29, 1.82) is 0 Å². The predicted molar refractivity (Wildman–Crippen MR) is 124 cm³/mol. The van der Waals surface area contributed by atoms with Crippen molar-refractivity contribution in [3.8, 4) is 10.4 Å². The molecule has 2 aromatic rings. The van der Waals surface area contributed by atoms with Crippen molar-refractivity contribution >= 4 is 29.2 Å². The van der Waals surface area contributed by atoms with E-state index in [0.717, 1.165) is 9.88 Å². The number of amides is 2. The number of rotatable bonds is 5. The van der Waals surface area contributed by atoms with Crippen molar-refractivity contribution in [1.82, 2.24) is 4.98 Å². The van der Waals surface area contributed by atoms with Crippen LogP contribution in [0.15, 0.2) is 24.4 Å². The van der Waals surface area contributed by atoms with Crippen molar-refractivity contribution in [2.75, 3.05) is 5.32 Å². The molecular weight excluding hydrogens is 433 g/mol. The molecule has 1 aliphatic carbocycles. The van der Waals surface area contributed by atoms with Gasteiger partial charge in [0.15, 0.2) is 0 Å². The molecule has 2 amide bonds. The second-order valence-corrected chi connectivity index (χ2v) is 9.22. The number of halogens is 1. The zero-order valence-corrected chi connectivity index (χ0v) is 19.8. The fourth-order valence-corrected chi connectivity index (χ4v) is 4.45. The van der Waals surface area contributed by atoms with Gasteiger partial charge in [0.2, 0.25) is 0 Å². The standard InChI is InChI=1S/C19H23FN2O2S.C4H9NO2/c1-12(2)24-19(23)22-14-8-9-15(16(20)10-14)17-11-21-18(25-17)13-6-4-3-5-7-13;1-3(2)7-4(5)6/h8-13H,3-7H2,1-2H3,(H,22,23);3H,1-2H3,(H2,5,6). The number of benzene rings is 1. The Labute approximate surface area is 192 Å². The van der Waals surface area contributed by atoms with Crippen molar-refractivity contribution in [3.63, 3.8) is 0 Å². The number of ether oxygens (including phenoxy) is 2. The maximum atomic E-state index is 14.5. The highest BCUT2D eigenvalue weighted by Crippen LogP contribution is 2.38. The monoisotopic (exact) mass is 465 g/mol. The number of carbonyl (C=O) groups excluding carboxylic acids is 2. The van der Waals surface area contributed by atoms with E-state index in [2.05, 4.69) is 20.8 Å². The van der Waals surface area contributed by atoms with E-state index in [-0.39, 0.29) is 18.0 Å². The number of anilines is 1. The molecular formula is C23H32FN3O4S. The second-order valence-electron chi connectivity index (χ2n) is 8.16. The molecule has 3 rings (SSSR count). The highest BCUT2D eigenvalue weighted by Gasteiger charge is 2.20. The first-order chi connectivity index (χ1) is 15.2. The van der Waals surface area contributed by atoms with Gasteiger partial charge in [-0.25, -0.2) is 19.0 Å². The van der Waals surface area contributed by atoms with Crippen molar-refractivity contribution < 1.29 is 23.5 Å². The minimum atomic E-state index is -0.713. The van der Waals surface area contributed by atoms with Gasteiger partial charge < -0.3 is 15.2 Å². The second kappa shape index (κ2) is 12.4. The van der Waals surface area contributed by atoms with Crippen molar-refractivity contribution in [3.05, 3.63) is 35.2 Å². The van der Waals surface area contributed by atoms with Gasteiger partial charge in [0.1, 0.15) is 5.82 Å². The Morgan fingerprint density at radius 1 is 1.12 bits per heavy atom. The maximum Gasteiger partial charge on any atom is 0.411 e. The Hall–Kier alpha value is -2.68. The molecule has 1 fully saturated rings. The van der Waals surface area contributed by atoms with Gasteiger partial charge in [-0.05, 0) is 58.7 Å². The summed E-state index contributed by atoms with van der Waals surface area (Å²) in [7, 11) is 0. The summed E-state index contributed by atoms with van der Waals surface area (Å²) in [5.41, 5.74) is 5.53. The van der Waals surface area contributed by atoms with E-state index < -0.39 is 12.2 Å². The zero-order chi connectivity index (χ0) is 23.7. The molecule has 9 heteroatoms. The molecule has 176 valence electrons. The average Bonchev–Trinajstić information content (AvgIpc) is 3.17. The topological polar surface area (TPSA) is 104 Å². The summed E-state index contributed by atoms with van der Waals surface area (Å²) < 4.78 is 23.9. The summed E-state index contributed by atoms with van der Waals surface area (Å²) in [4.78, 5) is 26.8. The fourth-order valence-electron chi connectivity index (χ4n) is 3.34. The van der Waals surface area contributed by atoms with Crippen LogP contribution < -0.4 is 11.1 Å². The number of primary amides is 1. The molecule has 0 spiro atoms. The first-order valence-electron chi connectivity index (χ1n) is 10.8. The lowest BCUT2D eigenvalue weighted by Crippen LogP contribution is -2.18. The minimum absolute atomic E-state index is 0.0995. The molecule has 7 nitrogen and oxygen atoms in total. The first kappa shape index (κ1) is 25.6. The quantitative estimate of drug-likeness (QED) is 0.528. The summed E-state index contributed by atoms with van der Waals surface area (Å²) >= 11 is 1.57. The van der Waals surface area contributed by atoms with Crippen LogP contribution in [0.1, 0.15) is 70.7 Å². The Morgan fingerprint density at radius 3 is 2.31 bits per heavy atom. The normalized spacial score (nSPS) is 14.0. The lowest BCUT2D eigenvalue weighted by molar-refractivity contribution is 0.125. The number of thiazole rings is 1. The lowest BCUT2D eigenvalue weighted by Gasteiger charge is -2.18. The van der Waals surface area contributed by atoms with E-state index in [1.54, 1.807) is 57.4 Å². The van der Waals surface area contributed by atoms with Crippen molar-refractivity contribution in [2.24, 2.45) is 5.73 Å². The maximum absolute atomic E-state index is 14.5. The van der Waals surface area contributed by atoms with Gasteiger partial charge >= 0.3 is 12.2 Å². The van der Waals surface area contributed by atoms with E-state index in [1.165, 1.54) is 38.2 Å². The van der Waals surface area contributed by atoms with Crippen LogP contribution in [0.5, 0.6) is 0 Å². The first-order valence-corrected chi connectivity index (χ1v) is 11.7. The summed E-state index contributed by atoms with van der Waals surface area (Å²) in [6.45, 7) is 7.00. The van der Waals surface area contributed by atoms with E-state index in [1.807, 2.05) is 0 Å².